The molecule has 0 saturated carbocycles. The van der Waals surface area contributed by atoms with Gasteiger partial charge in [-0.1, -0.05) is 30.3 Å². The Balaban J connectivity index is 1.82. The highest BCUT2D eigenvalue weighted by molar-refractivity contribution is 6.09. The Kier molecular flexibility index (Phi) is 5.70. The minimum absolute atomic E-state index is 0.123. The molecule has 0 heterocycles. The molecule has 0 spiro atoms. The molecule has 0 fully saturated rings. The van der Waals surface area contributed by atoms with Crippen molar-refractivity contribution < 1.29 is 9.53 Å². The molecule has 5 heteroatoms. The second-order valence-corrected chi connectivity index (χ2v) is 5.88. The molecule has 2 aromatic carbocycles. The fourth-order valence-corrected chi connectivity index (χ4v) is 2.62. The summed E-state index contributed by atoms with van der Waals surface area (Å²) in [6.45, 7) is 0. The average Bonchev–Trinajstić information content (AvgIpc) is 2.71. The average molecular weight is 355 g/mol. The summed E-state index contributed by atoms with van der Waals surface area (Å²) in [5.41, 5.74) is 3.63. The van der Waals surface area contributed by atoms with Crippen molar-refractivity contribution in [3.63, 3.8) is 0 Å². The van der Waals surface area contributed by atoms with Crippen LogP contribution in [-0.4, -0.2) is 12.9 Å². The molecule has 2 aromatic rings. The van der Waals surface area contributed by atoms with Crippen LogP contribution in [0.4, 0.5) is 5.69 Å². The quantitative estimate of drug-likeness (QED) is 0.722. The number of nitrogens with zero attached hydrogens (tertiary/aromatic N) is 3. The highest BCUT2D eigenvalue weighted by Gasteiger charge is 2.21. The van der Waals surface area contributed by atoms with Gasteiger partial charge in [0, 0.05) is 12.0 Å². The van der Waals surface area contributed by atoms with Crippen molar-refractivity contribution in [3.8, 4) is 6.07 Å². The number of ketones is 1. The van der Waals surface area contributed by atoms with E-state index >= 15 is 0 Å². The van der Waals surface area contributed by atoms with Crippen LogP contribution in [0, 0.1) is 11.3 Å². The molecule has 132 valence electrons. The van der Waals surface area contributed by atoms with E-state index in [9.17, 15) is 4.79 Å². The fraction of sp³-hybridized carbons (Fsp3) is 0.0909. The second-order valence-electron chi connectivity index (χ2n) is 5.88. The minimum Gasteiger partial charge on any atom is -0.493 e. The van der Waals surface area contributed by atoms with Crippen molar-refractivity contribution >= 4 is 11.5 Å². The van der Waals surface area contributed by atoms with E-state index in [1.54, 1.807) is 42.6 Å². The van der Waals surface area contributed by atoms with Crippen molar-refractivity contribution in [3.05, 3.63) is 101 Å². The Bertz CT molecular complexity index is 992. The standard InChI is InChI=1S/C22H17N3O2/c1-27-21-13-18(15-24-25-20-9-7-17(14-23)8-10-20)12-19(22(21)26)11-16-5-3-2-4-6-16/h2-10,12-13,15H,11H2,1H3/b18-15-,25-24?. The highest BCUT2D eigenvalue weighted by atomic mass is 16.5. The van der Waals surface area contributed by atoms with Gasteiger partial charge in [0.05, 0.1) is 30.6 Å². The Labute approximate surface area is 157 Å². The number of hydrogen-bond donors (Lipinski definition) is 0. The number of carbonyl (C=O) groups is 1. The molecule has 0 saturated heterocycles. The van der Waals surface area contributed by atoms with Crippen LogP contribution in [0.2, 0.25) is 0 Å². The largest absolute Gasteiger partial charge is 0.493 e. The number of ether oxygens (including phenoxy) is 1. The van der Waals surface area contributed by atoms with Gasteiger partial charge in [0.2, 0.25) is 5.78 Å². The van der Waals surface area contributed by atoms with E-state index < -0.39 is 0 Å². The second kappa shape index (κ2) is 8.54. The zero-order valence-electron chi connectivity index (χ0n) is 14.8. The predicted molar refractivity (Wildman–Crippen MR) is 102 cm³/mol. The van der Waals surface area contributed by atoms with E-state index in [2.05, 4.69) is 16.3 Å². The molecule has 27 heavy (non-hydrogen) atoms. The number of Topliss-reactive ketones (excluding diaryl/α,β-unsaturated/α-hetero) is 1. The summed E-state index contributed by atoms with van der Waals surface area (Å²) >= 11 is 0. The lowest BCUT2D eigenvalue weighted by Crippen LogP contribution is -2.14. The Morgan fingerprint density at radius 1 is 1.07 bits per heavy atom. The Morgan fingerprint density at radius 2 is 1.81 bits per heavy atom. The van der Waals surface area contributed by atoms with Crippen LogP contribution in [0.25, 0.3) is 0 Å². The van der Waals surface area contributed by atoms with E-state index in [-0.39, 0.29) is 11.5 Å². The molecule has 0 amide bonds. The number of allylic oxidation sites excluding steroid dienone is 4. The van der Waals surface area contributed by atoms with Gasteiger partial charge in [0.25, 0.3) is 0 Å². The van der Waals surface area contributed by atoms with Gasteiger partial charge in [0.15, 0.2) is 5.76 Å². The molecule has 0 aliphatic heterocycles. The van der Waals surface area contributed by atoms with E-state index in [4.69, 9.17) is 10.00 Å². The lowest BCUT2D eigenvalue weighted by Gasteiger charge is -2.14. The monoisotopic (exact) mass is 355 g/mol. The fourth-order valence-electron chi connectivity index (χ4n) is 2.62. The number of carbonyl (C=O) groups excluding carboxylic acids is 1. The number of rotatable bonds is 5. The Morgan fingerprint density at radius 3 is 2.48 bits per heavy atom. The maximum atomic E-state index is 12.5. The summed E-state index contributed by atoms with van der Waals surface area (Å²) in [4.78, 5) is 12.5. The van der Waals surface area contributed by atoms with Crippen LogP contribution >= 0.6 is 0 Å². The van der Waals surface area contributed by atoms with E-state index in [0.29, 0.717) is 23.2 Å². The highest BCUT2D eigenvalue weighted by Crippen LogP contribution is 2.23. The van der Waals surface area contributed by atoms with E-state index in [0.717, 1.165) is 11.1 Å². The number of hydrogen-bond acceptors (Lipinski definition) is 5. The number of nitriles is 1. The molecule has 3 rings (SSSR count). The van der Waals surface area contributed by atoms with Crippen molar-refractivity contribution in [2.45, 2.75) is 6.42 Å². The summed E-state index contributed by atoms with van der Waals surface area (Å²) in [6.07, 6.45) is 5.55. The SMILES string of the molecule is COC1=C/C(=C\N=Nc2ccc(C#N)cc2)C=C(Cc2ccccc2)C1=O. The lowest BCUT2D eigenvalue weighted by atomic mass is 9.94. The molecule has 0 aromatic heterocycles. The van der Waals surface area contributed by atoms with Gasteiger partial charge >= 0.3 is 0 Å². The third-order valence-electron chi connectivity index (χ3n) is 3.99. The van der Waals surface area contributed by atoms with Crippen molar-refractivity contribution in [1.82, 2.24) is 0 Å². The normalized spacial score (nSPS) is 15.4. The van der Waals surface area contributed by atoms with Gasteiger partial charge in [-0.25, -0.2) is 0 Å². The van der Waals surface area contributed by atoms with Gasteiger partial charge in [-0.2, -0.15) is 15.5 Å². The minimum atomic E-state index is -0.123. The first-order valence-corrected chi connectivity index (χ1v) is 8.35. The maximum absolute atomic E-state index is 12.5. The molecule has 0 N–H and O–H groups in total. The van der Waals surface area contributed by atoms with Crippen LogP contribution in [-0.2, 0) is 16.0 Å². The predicted octanol–water partition coefficient (Wildman–Crippen LogP) is 4.81. The zero-order chi connectivity index (χ0) is 19.1. The molecule has 0 atom stereocenters. The van der Waals surface area contributed by atoms with Crippen LogP contribution in [0.3, 0.4) is 0 Å². The molecule has 1 aliphatic rings. The molecule has 0 unspecified atom stereocenters. The summed E-state index contributed by atoms with van der Waals surface area (Å²) in [5, 5.41) is 17.0. The van der Waals surface area contributed by atoms with Gasteiger partial charge in [-0.05, 0) is 47.6 Å². The van der Waals surface area contributed by atoms with Crippen LogP contribution in [0.5, 0.6) is 0 Å². The van der Waals surface area contributed by atoms with Gasteiger partial charge < -0.3 is 4.74 Å². The van der Waals surface area contributed by atoms with Crippen LogP contribution in [0.15, 0.2) is 100 Å². The summed E-state index contributed by atoms with van der Waals surface area (Å²) in [5.74, 6) is 0.158. The smallest absolute Gasteiger partial charge is 0.223 e. The third-order valence-corrected chi connectivity index (χ3v) is 3.99. The molecular weight excluding hydrogens is 338 g/mol. The number of azo groups is 1. The molecule has 1 aliphatic carbocycles. The van der Waals surface area contributed by atoms with Crippen molar-refractivity contribution in [2.75, 3.05) is 7.11 Å². The zero-order valence-corrected chi connectivity index (χ0v) is 14.8. The lowest BCUT2D eigenvalue weighted by molar-refractivity contribution is -0.115. The van der Waals surface area contributed by atoms with Crippen molar-refractivity contribution in [1.29, 1.82) is 5.26 Å². The third kappa shape index (κ3) is 4.65. The molecule has 0 radical (unpaired) electrons. The first kappa shape index (κ1) is 18.0. The molecule has 5 nitrogen and oxygen atoms in total. The molecular formula is C22H17N3O2. The summed E-state index contributed by atoms with van der Waals surface area (Å²) in [6, 6.07) is 18.6. The number of benzene rings is 2. The van der Waals surface area contributed by atoms with Gasteiger partial charge in [0.1, 0.15) is 0 Å². The first-order chi connectivity index (χ1) is 13.2. The number of methoxy groups -OCH3 is 1. The topological polar surface area (TPSA) is 74.8 Å². The maximum Gasteiger partial charge on any atom is 0.223 e. The van der Waals surface area contributed by atoms with Crippen molar-refractivity contribution in [2.24, 2.45) is 10.2 Å². The van der Waals surface area contributed by atoms with Gasteiger partial charge in [-0.3, -0.25) is 4.79 Å². The molecule has 0 bridgehead atoms. The van der Waals surface area contributed by atoms with Gasteiger partial charge in [-0.15, -0.1) is 0 Å². The summed E-state index contributed by atoms with van der Waals surface area (Å²) in [7, 11) is 1.48. The Hall–Kier alpha value is -3.78. The first-order valence-electron chi connectivity index (χ1n) is 8.35. The summed E-state index contributed by atoms with van der Waals surface area (Å²) < 4.78 is 5.22. The van der Waals surface area contributed by atoms with E-state index in [1.165, 1.54) is 7.11 Å². The van der Waals surface area contributed by atoms with E-state index in [1.807, 2.05) is 30.3 Å². The van der Waals surface area contributed by atoms with Crippen LogP contribution in [0.1, 0.15) is 11.1 Å². The van der Waals surface area contributed by atoms with Crippen LogP contribution < -0.4 is 0 Å².